The number of nitrogens with zero attached hydrogens (tertiary/aromatic N) is 1. The molecule has 90 valence electrons. The lowest BCUT2D eigenvalue weighted by atomic mass is 10.2. The Morgan fingerprint density at radius 1 is 1.25 bits per heavy atom. The number of nitrogen functional groups attached to an aromatic ring is 1. The molecule has 0 saturated carbocycles. The highest BCUT2D eigenvalue weighted by atomic mass is 16.5. The van der Waals surface area contributed by atoms with E-state index in [2.05, 4.69) is 24.8 Å². The first kappa shape index (κ1) is 12.8. The minimum Gasteiger partial charge on any atom is -0.399 e. The summed E-state index contributed by atoms with van der Waals surface area (Å²) in [5.74, 6) is 0. The Morgan fingerprint density at radius 3 is 2.56 bits per heavy atom. The fourth-order valence-corrected chi connectivity index (χ4v) is 1.76. The van der Waals surface area contributed by atoms with E-state index in [1.54, 1.807) is 0 Å². The van der Waals surface area contributed by atoms with E-state index in [0.29, 0.717) is 0 Å². The summed E-state index contributed by atoms with van der Waals surface area (Å²) >= 11 is 0. The average Bonchev–Trinajstić information content (AvgIpc) is 2.23. The third-order valence-corrected chi connectivity index (χ3v) is 2.54. The Morgan fingerprint density at radius 2 is 2.00 bits per heavy atom. The average molecular weight is 222 g/mol. The van der Waals surface area contributed by atoms with Crippen molar-refractivity contribution in [2.24, 2.45) is 0 Å². The third-order valence-electron chi connectivity index (χ3n) is 2.54. The summed E-state index contributed by atoms with van der Waals surface area (Å²) in [6.45, 7) is 9.64. The molecule has 0 aromatic heterocycles. The topological polar surface area (TPSA) is 38.5 Å². The quantitative estimate of drug-likeness (QED) is 0.593. The predicted octanol–water partition coefficient (Wildman–Crippen LogP) is 2.44. The van der Waals surface area contributed by atoms with Crippen molar-refractivity contribution in [2.75, 3.05) is 36.9 Å². The zero-order valence-corrected chi connectivity index (χ0v) is 10.5. The van der Waals surface area contributed by atoms with Crippen LogP contribution in [0.4, 0.5) is 11.4 Å². The van der Waals surface area contributed by atoms with Gasteiger partial charge in [0.05, 0.1) is 6.61 Å². The highest BCUT2D eigenvalue weighted by molar-refractivity contribution is 5.58. The molecule has 0 aliphatic heterocycles. The Bertz CT molecular complexity index is 305. The molecule has 1 rings (SSSR count). The molecule has 1 aromatic rings. The fourth-order valence-electron chi connectivity index (χ4n) is 1.76. The van der Waals surface area contributed by atoms with Gasteiger partial charge in [0.1, 0.15) is 0 Å². The van der Waals surface area contributed by atoms with Crippen molar-refractivity contribution in [3.05, 3.63) is 23.8 Å². The van der Waals surface area contributed by atoms with E-state index in [1.165, 1.54) is 11.3 Å². The fraction of sp³-hybridized carbons (Fsp3) is 0.538. The number of ether oxygens (including phenoxy) is 1. The van der Waals surface area contributed by atoms with Gasteiger partial charge in [0, 0.05) is 31.1 Å². The summed E-state index contributed by atoms with van der Waals surface area (Å²) in [7, 11) is 0. The second-order valence-electron chi connectivity index (χ2n) is 3.88. The summed E-state index contributed by atoms with van der Waals surface area (Å²) in [6, 6.07) is 6.16. The van der Waals surface area contributed by atoms with Crippen LogP contribution in [0.25, 0.3) is 0 Å². The van der Waals surface area contributed by atoms with Gasteiger partial charge in [0.25, 0.3) is 0 Å². The summed E-state index contributed by atoms with van der Waals surface area (Å²) in [5, 5.41) is 0. The highest BCUT2D eigenvalue weighted by Crippen LogP contribution is 2.20. The van der Waals surface area contributed by atoms with Crippen LogP contribution in [0.15, 0.2) is 18.2 Å². The first-order valence-electron chi connectivity index (χ1n) is 5.87. The summed E-state index contributed by atoms with van der Waals surface area (Å²) in [5.41, 5.74) is 9.05. The molecule has 3 heteroatoms. The van der Waals surface area contributed by atoms with Crippen LogP contribution in [0.5, 0.6) is 0 Å². The largest absolute Gasteiger partial charge is 0.399 e. The number of likely N-dealkylation sites (N-methyl/N-ethyl adjacent to an activating group) is 1. The zero-order valence-electron chi connectivity index (χ0n) is 10.5. The standard InChI is InChI=1S/C13H22N2O/c1-4-15(6-7-16-5-2)13-9-11(3)8-12(14)10-13/h8-10H,4-7,14H2,1-3H3. The van der Waals surface area contributed by atoms with E-state index in [1.807, 2.05) is 19.1 Å². The molecule has 0 radical (unpaired) electrons. The Kier molecular flexibility index (Phi) is 5.12. The molecule has 1 aromatic carbocycles. The Hall–Kier alpha value is -1.22. The molecule has 16 heavy (non-hydrogen) atoms. The van der Waals surface area contributed by atoms with Gasteiger partial charge in [-0.15, -0.1) is 0 Å². The molecule has 0 heterocycles. The molecule has 0 unspecified atom stereocenters. The molecule has 0 amide bonds. The minimum absolute atomic E-state index is 0.762. The Balaban J connectivity index is 2.70. The van der Waals surface area contributed by atoms with Crippen LogP contribution in [-0.4, -0.2) is 26.3 Å². The molecule has 0 bridgehead atoms. The van der Waals surface area contributed by atoms with Gasteiger partial charge in [0.2, 0.25) is 0 Å². The SMILES string of the molecule is CCOCCN(CC)c1cc(C)cc(N)c1. The zero-order chi connectivity index (χ0) is 12.0. The smallest absolute Gasteiger partial charge is 0.0641 e. The van der Waals surface area contributed by atoms with Crippen LogP contribution in [0.2, 0.25) is 0 Å². The van der Waals surface area contributed by atoms with Crippen molar-refractivity contribution in [1.82, 2.24) is 0 Å². The van der Waals surface area contributed by atoms with E-state index >= 15 is 0 Å². The number of hydrogen-bond acceptors (Lipinski definition) is 3. The molecule has 2 N–H and O–H groups in total. The van der Waals surface area contributed by atoms with Crippen molar-refractivity contribution >= 4 is 11.4 Å². The van der Waals surface area contributed by atoms with Crippen LogP contribution in [0.1, 0.15) is 19.4 Å². The monoisotopic (exact) mass is 222 g/mol. The molecule has 0 saturated heterocycles. The van der Waals surface area contributed by atoms with E-state index < -0.39 is 0 Å². The van der Waals surface area contributed by atoms with E-state index in [9.17, 15) is 0 Å². The first-order chi connectivity index (χ1) is 7.67. The van der Waals surface area contributed by atoms with Gasteiger partial charge in [-0.25, -0.2) is 0 Å². The second-order valence-corrected chi connectivity index (χ2v) is 3.88. The number of nitrogens with two attached hydrogens (primary N) is 1. The predicted molar refractivity (Wildman–Crippen MR) is 70.0 cm³/mol. The lowest BCUT2D eigenvalue weighted by molar-refractivity contribution is 0.154. The van der Waals surface area contributed by atoms with Gasteiger partial charge >= 0.3 is 0 Å². The molecular formula is C13H22N2O. The maximum atomic E-state index is 5.85. The molecule has 0 aliphatic rings. The summed E-state index contributed by atoms with van der Waals surface area (Å²) < 4.78 is 5.37. The lowest BCUT2D eigenvalue weighted by Gasteiger charge is -2.23. The van der Waals surface area contributed by atoms with Gasteiger partial charge in [0.15, 0.2) is 0 Å². The van der Waals surface area contributed by atoms with Crippen molar-refractivity contribution < 1.29 is 4.74 Å². The van der Waals surface area contributed by atoms with Crippen LogP contribution in [0.3, 0.4) is 0 Å². The van der Waals surface area contributed by atoms with E-state index in [4.69, 9.17) is 10.5 Å². The molecule has 0 aliphatic carbocycles. The number of aryl methyl sites for hydroxylation is 1. The number of benzene rings is 1. The third kappa shape index (κ3) is 3.74. The van der Waals surface area contributed by atoms with Crippen molar-refractivity contribution in [2.45, 2.75) is 20.8 Å². The minimum atomic E-state index is 0.762. The van der Waals surface area contributed by atoms with Crippen LogP contribution in [-0.2, 0) is 4.74 Å². The van der Waals surface area contributed by atoms with Gasteiger partial charge in [-0.2, -0.15) is 0 Å². The van der Waals surface area contributed by atoms with Crippen LogP contribution < -0.4 is 10.6 Å². The van der Waals surface area contributed by atoms with Gasteiger partial charge in [-0.1, -0.05) is 0 Å². The Labute approximate surface area is 98.2 Å². The molecule has 0 spiro atoms. The highest BCUT2D eigenvalue weighted by Gasteiger charge is 2.05. The number of hydrogen-bond donors (Lipinski definition) is 1. The summed E-state index contributed by atoms with van der Waals surface area (Å²) in [4.78, 5) is 2.28. The van der Waals surface area contributed by atoms with Crippen LogP contribution >= 0.6 is 0 Å². The van der Waals surface area contributed by atoms with Crippen LogP contribution in [0, 0.1) is 6.92 Å². The normalized spacial score (nSPS) is 10.4. The van der Waals surface area contributed by atoms with E-state index in [-0.39, 0.29) is 0 Å². The van der Waals surface area contributed by atoms with Gasteiger partial charge < -0.3 is 15.4 Å². The van der Waals surface area contributed by atoms with E-state index in [0.717, 1.165) is 32.0 Å². The molecule has 0 fully saturated rings. The summed E-state index contributed by atoms with van der Waals surface area (Å²) in [6.07, 6.45) is 0. The maximum Gasteiger partial charge on any atom is 0.0641 e. The lowest BCUT2D eigenvalue weighted by Crippen LogP contribution is -2.27. The molecule has 0 atom stereocenters. The van der Waals surface area contributed by atoms with Gasteiger partial charge in [-0.05, 0) is 44.5 Å². The number of rotatable bonds is 6. The molecular weight excluding hydrogens is 200 g/mol. The van der Waals surface area contributed by atoms with Crippen molar-refractivity contribution in [1.29, 1.82) is 0 Å². The molecule has 3 nitrogen and oxygen atoms in total. The van der Waals surface area contributed by atoms with Gasteiger partial charge in [-0.3, -0.25) is 0 Å². The first-order valence-corrected chi connectivity index (χ1v) is 5.87. The maximum absolute atomic E-state index is 5.85. The van der Waals surface area contributed by atoms with Crippen molar-refractivity contribution in [3.8, 4) is 0 Å². The number of anilines is 2. The second kappa shape index (κ2) is 6.38. The van der Waals surface area contributed by atoms with Crippen molar-refractivity contribution in [3.63, 3.8) is 0 Å².